The normalized spacial score (nSPS) is 17.8. The van der Waals surface area contributed by atoms with Crippen molar-refractivity contribution in [3.8, 4) is 16.9 Å². The third-order valence-electron chi connectivity index (χ3n) is 6.26. The molecule has 1 saturated carbocycles. The second-order valence-electron chi connectivity index (χ2n) is 8.25. The van der Waals surface area contributed by atoms with Crippen LogP contribution in [0, 0.1) is 12.8 Å². The number of ether oxygens (including phenoxy) is 1. The number of aromatic nitrogens is 3. The van der Waals surface area contributed by atoms with Crippen LogP contribution < -0.4 is 10.5 Å². The van der Waals surface area contributed by atoms with E-state index in [-0.39, 0.29) is 12.0 Å². The van der Waals surface area contributed by atoms with Gasteiger partial charge in [-0.15, -0.1) is 0 Å². The molecule has 0 aliphatic heterocycles. The van der Waals surface area contributed by atoms with Crippen molar-refractivity contribution in [2.45, 2.75) is 32.4 Å². The van der Waals surface area contributed by atoms with E-state index in [9.17, 15) is 9.90 Å². The van der Waals surface area contributed by atoms with E-state index in [2.05, 4.69) is 14.5 Å². The number of carboxylic acids is 1. The number of carboxylic acid groups (broad SMARTS) is 1. The van der Waals surface area contributed by atoms with E-state index in [0.29, 0.717) is 25.3 Å². The van der Waals surface area contributed by atoms with Crippen molar-refractivity contribution in [1.82, 2.24) is 14.5 Å². The zero-order valence-corrected chi connectivity index (χ0v) is 17.7. The SMILES string of the molecule is Cc1c(-c2cccc(OCc3ccccc3)c2)c2c(N)ncnc2n1C1CC(C(=O)O)C1. The summed E-state index contributed by atoms with van der Waals surface area (Å²) in [6.45, 7) is 2.51. The number of hydrogen-bond acceptors (Lipinski definition) is 5. The minimum atomic E-state index is -0.743. The van der Waals surface area contributed by atoms with Gasteiger partial charge in [0.15, 0.2) is 0 Å². The molecule has 0 unspecified atom stereocenters. The van der Waals surface area contributed by atoms with Crippen LogP contribution in [0.15, 0.2) is 60.9 Å². The van der Waals surface area contributed by atoms with E-state index in [0.717, 1.165) is 39.2 Å². The Morgan fingerprint density at radius 1 is 1.16 bits per heavy atom. The molecule has 0 saturated heterocycles. The third kappa shape index (κ3) is 3.45. The number of hydrogen-bond donors (Lipinski definition) is 2. The van der Waals surface area contributed by atoms with E-state index in [4.69, 9.17) is 10.5 Å². The topological polar surface area (TPSA) is 103 Å². The first-order chi connectivity index (χ1) is 15.5. The fourth-order valence-corrected chi connectivity index (χ4v) is 4.55. The number of carbonyl (C=O) groups is 1. The molecule has 0 amide bonds. The van der Waals surface area contributed by atoms with Gasteiger partial charge in [0, 0.05) is 17.3 Å². The van der Waals surface area contributed by atoms with Crippen molar-refractivity contribution in [1.29, 1.82) is 0 Å². The van der Waals surface area contributed by atoms with Gasteiger partial charge < -0.3 is 20.1 Å². The Morgan fingerprint density at radius 2 is 1.94 bits per heavy atom. The zero-order valence-electron chi connectivity index (χ0n) is 17.7. The second-order valence-corrected chi connectivity index (χ2v) is 8.25. The number of fused-ring (bicyclic) bond motifs is 1. The lowest BCUT2D eigenvalue weighted by molar-refractivity contribution is -0.145. The second kappa shape index (κ2) is 8.00. The van der Waals surface area contributed by atoms with Crippen molar-refractivity contribution in [2.24, 2.45) is 5.92 Å². The Bertz CT molecular complexity index is 1290. The van der Waals surface area contributed by atoms with Crippen LogP contribution >= 0.6 is 0 Å². The molecule has 1 aliphatic carbocycles. The van der Waals surface area contributed by atoms with E-state index in [1.165, 1.54) is 6.33 Å². The molecule has 2 aromatic heterocycles. The molecule has 162 valence electrons. The fourth-order valence-electron chi connectivity index (χ4n) is 4.55. The Morgan fingerprint density at radius 3 is 2.69 bits per heavy atom. The Kier molecular flexibility index (Phi) is 5.01. The summed E-state index contributed by atoms with van der Waals surface area (Å²) in [5.74, 6) is 0.121. The number of aliphatic carboxylic acids is 1. The van der Waals surface area contributed by atoms with Crippen LogP contribution in [-0.2, 0) is 11.4 Å². The van der Waals surface area contributed by atoms with Crippen molar-refractivity contribution >= 4 is 22.8 Å². The average molecular weight is 428 g/mol. The number of anilines is 1. The standard InChI is InChI=1S/C25H24N4O3/c1-15-21(17-8-5-9-20(12-17)32-13-16-6-3-2-4-7-16)22-23(26)27-14-28-24(22)29(15)19-10-18(11-19)25(30)31/h2-9,12,14,18-19H,10-11,13H2,1H3,(H,30,31)(H2,26,27,28). The van der Waals surface area contributed by atoms with E-state index >= 15 is 0 Å². The van der Waals surface area contributed by atoms with E-state index in [1.807, 2.05) is 61.5 Å². The van der Waals surface area contributed by atoms with Crippen LogP contribution in [0.1, 0.15) is 30.1 Å². The molecule has 32 heavy (non-hydrogen) atoms. The summed E-state index contributed by atoms with van der Waals surface area (Å²) in [6.07, 6.45) is 2.64. The first-order valence-corrected chi connectivity index (χ1v) is 10.6. The number of nitrogens with two attached hydrogens (primary N) is 1. The van der Waals surface area contributed by atoms with Crippen molar-refractivity contribution in [2.75, 3.05) is 5.73 Å². The van der Waals surface area contributed by atoms with Crippen LogP contribution in [0.2, 0.25) is 0 Å². The summed E-state index contributed by atoms with van der Waals surface area (Å²) >= 11 is 0. The Labute approximate surface area is 185 Å². The molecule has 3 N–H and O–H groups in total. The van der Waals surface area contributed by atoms with Crippen LogP contribution in [0.4, 0.5) is 5.82 Å². The first kappa shape index (κ1) is 20.1. The van der Waals surface area contributed by atoms with Crippen molar-refractivity contribution in [3.63, 3.8) is 0 Å². The van der Waals surface area contributed by atoms with E-state index < -0.39 is 5.97 Å². The lowest BCUT2D eigenvalue weighted by Gasteiger charge is -2.34. The molecule has 0 spiro atoms. The lowest BCUT2D eigenvalue weighted by Crippen LogP contribution is -2.32. The van der Waals surface area contributed by atoms with Gasteiger partial charge in [0.25, 0.3) is 0 Å². The molecule has 0 atom stereocenters. The zero-order chi connectivity index (χ0) is 22.2. The molecular formula is C25H24N4O3. The van der Waals surface area contributed by atoms with Crippen LogP contribution in [-0.4, -0.2) is 25.6 Å². The predicted octanol–water partition coefficient (Wildman–Crippen LogP) is 4.60. The van der Waals surface area contributed by atoms with Gasteiger partial charge in [-0.3, -0.25) is 4.79 Å². The number of nitrogen functional groups attached to an aromatic ring is 1. The number of rotatable bonds is 6. The van der Waals surface area contributed by atoms with Crippen molar-refractivity contribution < 1.29 is 14.6 Å². The highest BCUT2D eigenvalue weighted by Gasteiger charge is 2.38. The van der Waals surface area contributed by atoms with Gasteiger partial charge in [-0.2, -0.15) is 0 Å². The maximum Gasteiger partial charge on any atom is 0.306 e. The fraction of sp³-hybridized carbons (Fsp3) is 0.240. The molecule has 4 aromatic rings. The summed E-state index contributed by atoms with van der Waals surface area (Å²) in [5, 5.41) is 10.1. The molecule has 0 bridgehead atoms. The monoisotopic (exact) mass is 428 g/mol. The minimum absolute atomic E-state index is 0.0826. The molecule has 7 nitrogen and oxygen atoms in total. The average Bonchev–Trinajstić information content (AvgIpc) is 3.05. The van der Waals surface area contributed by atoms with Crippen LogP contribution in [0.25, 0.3) is 22.2 Å². The summed E-state index contributed by atoms with van der Waals surface area (Å²) in [6, 6.07) is 18.0. The Hall–Kier alpha value is -3.87. The third-order valence-corrected chi connectivity index (χ3v) is 6.26. The molecule has 7 heteroatoms. The molecule has 1 fully saturated rings. The minimum Gasteiger partial charge on any atom is -0.489 e. The lowest BCUT2D eigenvalue weighted by atomic mass is 9.80. The predicted molar refractivity (Wildman–Crippen MR) is 122 cm³/mol. The molecule has 2 aromatic carbocycles. The quantitative estimate of drug-likeness (QED) is 0.465. The van der Waals surface area contributed by atoms with Crippen LogP contribution in [0.5, 0.6) is 5.75 Å². The van der Waals surface area contributed by atoms with Gasteiger partial charge in [0.05, 0.1) is 11.3 Å². The molecule has 1 aliphatic rings. The highest BCUT2D eigenvalue weighted by atomic mass is 16.5. The summed E-state index contributed by atoms with van der Waals surface area (Å²) < 4.78 is 8.15. The number of benzene rings is 2. The smallest absolute Gasteiger partial charge is 0.306 e. The van der Waals surface area contributed by atoms with Crippen LogP contribution in [0.3, 0.4) is 0 Å². The van der Waals surface area contributed by atoms with Gasteiger partial charge in [0.1, 0.15) is 30.1 Å². The molecule has 0 radical (unpaired) electrons. The van der Waals surface area contributed by atoms with Gasteiger partial charge in [-0.1, -0.05) is 42.5 Å². The van der Waals surface area contributed by atoms with Crippen molar-refractivity contribution in [3.05, 3.63) is 72.2 Å². The highest BCUT2D eigenvalue weighted by Crippen LogP contribution is 2.45. The summed E-state index contributed by atoms with van der Waals surface area (Å²) in [5.41, 5.74) is 11.1. The van der Waals surface area contributed by atoms with Gasteiger partial charge in [-0.25, -0.2) is 9.97 Å². The maximum atomic E-state index is 11.3. The van der Waals surface area contributed by atoms with Gasteiger partial charge >= 0.3 is 5.97 Å². The molecule has 2 heterocycles. The summed E-state index contributed by atoms with van der Waals surface area (Å²) in [7, 11) is 0. The summed E-state index contributed by atoms with van der Waals surface area (Å²) in [4.78, 5) is 20.1. The van der Waals surface area contributed by atoms with Gasteiger partial charge in [-0.05, 0) is 43.0 Å². The van der Waals surface area contributed by atoms with Gasteiger partial charge in [0.2, 0.25) is 0 Å². The highest BCUT2D eigenvalue weighted by molar-refractivity contribution is 6.02. The molecular weight excluding hydrogens is 404 g/mol. The van der Waals surface area contributed by atoms with E-state index in [1.54, 1.807) is 0 Å². The largest absolute Gasteiger partial charge is 0.489 e. The number of nitrogens with zero attached hydrogens (tertiary/aromatic N) is 3. The molecule has 5 rings (SSSR count). The first-order valence-electron chi connectivity index (χ1n) is 10.6. The maximum absolute atomic E-state index is 11.3. The Balaban J connectivity index is 1.53.